The first-order valence-electron chi connectivity index (χ1n) is 6.83. The highest BCUT2D eigenvalue weighted by Crippen LogP contribution is 2.32. The van der Waals surface area contributed by atoms with Crippen molar-refractivity contribution in [1.29, 1.82) is 0 Å². The van der Waals surface area contributed by atoms with Crippen LogP contribution in [0.25, 0.3) is 5.57 Å². The summed E-state index contributed by atoms with van der Waals surface area (Å²) in [7, 11) is 0. The fraction of sp³-hybridized carbons (Fsp3) is 0.562. The molecule has 0 spiro atoms. The Morgan fingerprint density at radius 2 is 1.94 bits per heavy atom. The van der Waals surface area contributed by atoms with Gasteiger partial charge in [-0.25, -0.2) is 4.39 Å². The fourth-order valence-corrected chi connectivity index (χ4v) is 2.22. The fourth-order valence-electron chi connectivity index (χ4n) is 2.22. The third-order valence-electron chi connectivity index (χ3n) is 4.07. The van der Waals surface area contributed by atoms with Gasteiger partial charge in [-0.3, -0.25) is 4.98 Å². The van der Waals surface area contributed by atoms with E-state index in [1.54, 1.807) is 12.3 Å². The first-order valence-corrected chi connectivity index (χ1v) is 6.83. The van der Waals surface area contributed by atoms with Gasteiger partial charge in [-0.15, -0.1) is 0 Å². The Morgan fingerprint density at radius 1 is 1.33 bits per heavy atom. The number of pyridine rings is 1. The smallest absolute Gasteiger partial charge is 0.145 e. The lowest BCUT2D eigenvalue weighted by Crippen LogP contribution is -2.23. The van der Waals surface area contributed by atoms with Gasteiger partial charge in [-0.1, -0.05) is 33.8 Å². The minimum atomic E-state index is -0.175. The molecule has 1 heterocycles. The lowest BCUT2D eigenvalue weighted by atomic mass is 9.80. The van der Waals surface area contributed by atoms with Crippen molar-refractivity contribution in [2.24, 2.45) is 0 Å². The van der Waals surface area contributed by atoms with E-state index in [1.165, 1.54) is 0 Å². The number of hydrogen-bond acceptors (Lipinski definition) is 1. The molecule has 100 valence electrons. The van der Waals surface area contributed by atoms with Crippen LogP contribution in [0.4, 0.5) is 4.39 Å². The summed E-state index contributed by atoms with van der Waals surface area (Å²) in [6.07, 6.45) is 6.53. The van der Waals surface area contributed by atoms with Gasteiger partial charge in [-0.2, -0.15) is 0 Å². The molecule has 0 N–H and O–H groups in total. The molecule has 1 rings (SSSR count). The van der Waals surface area contributed by atoms with Gasteiger partial charge >= 0.3 is 0 Å². The maximum atomic E-state index is 14.3. The number of aromatic nitrogens is 1. The first kappa shape index (κ1) is 14.9. The van der Waals surface area contributed by atoms with Crippen molar-refractivity contribution in [3.8, 4) is 0 Å². The number of allylic oxidation sites excluding steroid dienone is 2. The van der Waals surface area contributed by atoms with E-state index < -0.39 is 0 Å². The second-order valence-electron chi connectivity index (χ2n) is 4.99. The summed E-state index contributed by atoms with van der Waals surface area (Å²) >= 11 is 0. The normalized spacial score (nSPS) is 12.9. The Hall–Kier alpha value is -1.18. The number of hydrogen-bond donors (Lipinski definition) is 0. The number of rotatable bonds is 5. The maximum Gasteiger partial charge on any atom is 0.145 e. The van der Waals surface area contributed by atoms with E-state index in [1.807, 2.05) is 13.0 Å². The van der Waals surface area contributed by atoms with Crippen molar-refractivity contribution in [2.75, 3.05) is 0 Å². The highest BCUT2D eigenvalue weighted by molar-refractivity contribution is 5.64. The molecule has 1 aromatic rings. The average Bonchev–Trinajstić information content (AvgIpc) is 2.39. The molecule has 0 atom stereocenters. The second-order valence-corrected chi connectivity index (χ2v) is 4.99. The monoisotopic (exact) mass is 249 g/mol. The predicted octanol–water partition coefficient (Wildman–Crippen LogP) is 5.11. The Morgan fingerprint density at radius 3 is 2.33 bits per heavy atom. The zero-order valence-corrected chi connectivity index (χ0v) is 12.2. The standard InChI is InChI=1S/C16H24FN/c1-6-12(7-2)13-10-14(17)15(18-11-13)16(5,8-3)9-4/h6,10-11H,7-9H2,1-5H3. The minimum Gasteiger partial charge on any atom is -0.257 e. The Labute approximate surface area is 110 Å². The van der Waals surface area contributed by atoms with Crippen LogP contribution >= 0.6 is 0 Å². The Balaban J connectivity index is 3.22. The van der Waals surface area contributed by atoms with Gasteiger partial charge < -0.3 is 0 Å². The summed E-state index contributed by atoms with van der Waals surface area (Å²) in [5.74, 6) is -0.175. The van der Waals surface area contributed by atoms with Gasteiger partial charge in [0, 0.05) is 11.6 Å². The molecule has 0 unspecified atom stereocenters. The number of halogens is 1. The van der Waals surface area contributed by atoms with Crippen LogP contribution in [0.15, 0.2) is 18.3 Å². The topological polar surface area (TPSA) is 12.9 Å². The molecule has 1 aromatic heterocycles. The zero-order chi connectivity index (χ0) is 13.8. The molecule has 1 nitrogen and oxygen atoms in total. The SMILES string of the molecule is CC=C(CC)c1cnc(C(C)(CC)CC)c(F)c1. The van der Waals surface area contributed by atoms with Crippen LogP contribution in [0.3, 0.4) is 0 Å². The molecule has 0 aliphatic carbocycles. The minimum absolute atomic E-state index is 0.162. The van der Waals surface area contributed by atoms with E-state index in [4.69, 9.17) is 0 Å². The maximum absolute atomic E-state index is 14.3. The van der Waals surface area contributed by atoms with Crippen LogP contribution in [0.5, 0.6) is 0 Å². The van der Waals surface area contributed by atoms with Crippen LogP contribution < -0.4 is 0 Å². The van der Waals surface area contributed by atoms with Gasteiger partial charge in [0.2, 0.25) is 0 Å². The van der Waals surface area contributed by atoms with Gasteiger partial charge in [0.05, 0.1) is 5.69 Å². The third-order valence-corrected chi connectivity index (χ3v) is 4.07. The van der Waals surface area contributed by atoms with Crippen LogP contribution in [0.2, 0.25) is 0 Å². The molecule has 0 aliphatic heterocycles. The average molecular weight is 249 g/mol. The molecule has 0 aliphatic rings. The van der Waals surface area contributed by atoms with Gasteiger partial charge in [0.25, 0.3) is 0 Å². The van der Waals surface area contributed by atoms with Crippen LogP contribution in [0, 0.1) is 5.82 Å². The molecule has 0 saturated carbocycles. The molecule has 2 heteroatoms. The second kappa shape index (κ2) is 6.12. The van der Waals surface area contributed by atoms with E-state index in [9.17, 15) is 4.39 Å². The van der Waals surface area contributed by atoms with E-state index in [0.717, 1.165) is 30.4 Å². The van der Waals surface area contributed by atoms with Gasteiger partial charge in [-0.05, 0) is 43.4 Å². The molecule has 0 saturated heterocycles. The highest BCUT2D eigenvalue weighted by Gasteiger charge is 2.27. The molecular weight excluding hydrogens is 225 g/mol. The molecule has 0 bridgehead atoms. The van der Waals surface area contributed by atoms with Crippen LogP contribution in [-0.2, 0) is 5.41 Å². The zero-order valence-electron chi connectivity index (χ0n) is 12.2. The molecule has 0 radical (unpaired) electrons. The summed E-state index contributed by atoms with van der Waals surface area (Å²) < 4.78 is 14.3. The van der Waals surface area contributed by atoms with Crippen molar-refractivity contribution >= 4 is 5.57 Å². The Bertz CT molecular complexity index is 431. The van der Waals surface area contributed by atoms with E-state index in [-0.39, 0.29) is 11.2 Å². The lowest BCUT2D eigenvalue weighted by Gasteiger charge is -2.26. The summed E-state index contributed by atoms with van der Waals surface area (Å²) in [6, 6.07) is 1.63. The van der Waals surface area contributed by atoms with Crippen molar-refractivity contribution in [3.63, 3.8) is 0 Å². The van der Waals surface area contributed by atoms with E-state index >= 15 is 0 Å². The van der Waals surface area contributed by atoms with Crippen molar-refractivity contribution in [2.45, 2.75) is 59.3 Å². The van der Waals surface area contributed by atoms with Crippen LogP contribution in [-0.4, -0.2) is 4.98 Å². The summed E-state index contributed by atoms with van der Waals surface area (Å²) in [5, 5.41) is 0. The van der Waals surface area contributed by atoms with Gasteiger partial charge in [0.1, 0.15) is 5.82 Å². The first-order chi connectivity index (χ1) is 8.52. The Kier molecular flexibility index (Phi) is 5.06. The molecule has 0 fully saturated rings. The molecule has 0 amide bonds. The summed E-state index contributed by atoms with van der Waals surface area (Å²) in [6.45, 7) is 10.3. The van der Waals surface area contributed by atoms with Crippen molar-refractivity contribution < 1.29 is 4.39 Å². The van der Waals surface area contributed by atoms with Crippen molar-refractivity contribution in [1.82, 2.24) is 4.98 Å². The quantitative estimate of drug-likeness (QED) is 0.706. The number of nitrogens with zero attached hydrogens (tertiary/aromatic N) is 1. The molecule has 0 aromatic carbocycles. The van der Waals surface area contributed by atoms with E-state index in [0.29, 0.717) is 5.69 Å². The summed E-state index contributed by atoms with van der Waals surface area (Å²) in [4.78, 5) is 4.39. The highest BCUT2D eigenvalue weighted by atomic mass is 19.1. The van der Waals surface area contributed by atoms with Crippen molar-refractivity contribution in [3.05, 3.63) is 35.4 Å². The molecule has 18 heavy (non-hydrogen) atoms. The summed E-state index contributed by atoms with van der Waals surface area (Å²) in [5.41, 5.74) is 2.48. The van der Waals surface area contributed by atoms with E-state index in [2.05, 4.69) is 32.7 Å². The lowest BCUT2D eigenvalue weighted by molar-refractivity contribution is 0.400. The van der Waals surface area contributed by atoms with Gasteiger partial charge in [0.15, 0.2) is 0 Å². The predicted molar refractivity (Wildman–Crippen MR) is 76.1 cm³/mol. The largest absolute Gasteiger partial charge is 0.257 e. The third kappa shape index (κ3) is 2.80. The van der Waals surface area contributed by atoms with Crippen LogP contribution in [0.1, 0.15) is 65.1 Å². The molecular formula is C16H24FN.